The first kappa shape index (κ1) is 16.9. The molecule has 0 heterocycles. The van der Waals surface area contributed by atoms with Crippen molar-refractivity contribution in [1.29, 1.82) is 0 Å². The van der Waals surface area contributed by atoms with Crippen LogP contribution in [0.3, 0.4) is 0 Å². The zero-order chi connectivity index (χ0) is 15.0. The minimum atomic E-state index is -0.199. The zero-order valence-corrected chi connectivity index (χ0v) is 12.8. The highest BCUT2D eigenvalue weighted by atomic mass is 19.1. The molecular formula is C16H27FN2O. The van der Waals surface area contributed by atoms with Gasteiger partial charge in [0.15, 0.2) is 0 Å². The molecule has 0 fully saturated rings. The third-order valence-corrected chi connectivity index (χ3v) is 3.91. The fourth-order valence-corrected chi connectivity index (χ4v) is 2.24. The molecular weight excluding hydrogens is 255 g/mol. The molecule has 0 bridgehead atoms. The Kier molecular flexibility index (Phi) is 6.96. The van der Waals surface area contributed by atoms with Gasteiger partial charge in [0.25, 0.3) is 0 Å². The molecule has 0 aromatic heterocycles. The van der Waals surface area contributed by atoms with Crippen molar-refractivity contribution in [2.45, 2.75) is 38.6 Å². The summed E-state index contributed by atoms with van der Waals surface area (Å²) < 4.78 is 13.2. The summed E-state index contributed by atoms with van der Waals surface area (Å²) in [6, 6.07) is 6.74. The first-order valence-corrected chi connectivity index (χ1v) is 7.35. The van der Waals surface area contributed by atoms with Gasteiger partial charge in [0.2, 0.25) is 0 Å². The molecule has 4 heteroatoms. The van der Waals surface area contributed by atoms with Crippen LogP contribution >= 0.6 is 0 Å². The van der Waals surface area contributed by atoms with E-state index < -0.39 is 0 Å². The Morgan fingerprint density at radius 2 is 2.10 bits per heavy atom. The molecule has 1 rings (SSSR count). The van der Waals surface area contributed by atoms with E-state index in [2.05, 4.69) is 17.1 Å². The summed E-state index contributed by atoms with van der Waals surface area (Å²) in [5.41, 5.74) is 0.738. The molecule has 0 spiro atoms. The van der Waals surface area contributed by atoms with E-state index in [0.29, 0.717) is 0 Å². The van der Waals surface area contributed by atoms with Gasteiger partial charge in [-0.1, -0.05) is 6.07 Å². The first-order chi connectivity index (χ1) is 9.54. The lowest BCUT2D eigenvalue weighted by Gasteiger charge is -2.28. The molecule has 1 unspecified atom stereocenters. The Morgan fingerprint density at radius 3 is 2.65 bits per heavy atom. The lowest BCUT2D eigenvalue weighted by molar-refractivity contribution is 0.171. The summed E-state index contributed by atoms with van der Waals surface area (Å²) in [6.45, 7) is 6.02. The second-order valence-corrected chi connectivity index (χ2v) is 5.49. The van der Waals surface area contributed by atoms with Gasteiger partial charge < -0.3 is 15.3 Å². The number of halogens is 1. The summed E-state index contributed by atoms with van der Waals surface area (Å²) in [5.74, 6) is -0.191. The predicted octanol–water partition coefficient (Wildman–Crippen LogP) is 2.79. The van der Waals surface area contributed by atoms with Crippen LogP contribution < -0.4 is 10.2 Å². The fourth-order valence-electron chi connectivity index (χ4n) is 2.24. The van der Waals surface area contributed by atoms with Gasteiger partial charge in [0, 0.05) is 24.3 Å². The Hall–Kier alpha value is -1.13. The maximum atomic E-state index is 13.2. The average Bonchev–Trinajstić information content (AvgIpc) is 2.47. The third kappa shape index (κ3) is 5.10. The molecule has 20 heavy (non-hydrogen) atoms. The van der Waals surface area contributed by atoms with E-state index in [9.17, 15) is 9.50 Å². The molecule has 0 aliphatic carbocycles. The standard InChI is InChI=1S/C16H27FN2O/c1-4-19(15-9-7-8-14(17)12-15)11-6-5-10-16(2,13-20)18-3/h7-9,12,18,20H,4-6,10-11,13H2,1-3H3. The molecule has 3 nitrogen and oxygen atoms in total. The highest BCUT2D eigenvalue weighted by Gasteiger charge is 2.19. The lowest BCUT2D eigenvalue weighted by Crippen LogP contribution is -2.43. The minimum absolute atomic E-state index is 0.144. The Labute approximate surface area is 121 Å². The molecule has 0 saturated carbocycles. The van der Waals surface area contributed by atoms with E-state index in [1.807, 2.05) is 20.0 Å². The number of benzene rings is 1. The van der Waals surface area contributed by atoms with Crippen molar-refractivity contribution in [2.75, 3.05) is 31.6 Å². The number of nitrogens with one attached hydrogen (secondary N) is 1. The number of nitrogens with zero attached hydrogens (tertiary/aromatic N) is 1. The zero-order valence-electron chi connectivity index (χ0n) is 12.8. The maximum Gasteiger partial charge on any atom is 0.125 e. The Balaban J connectivity index is 2.43. The first-order valence-electron chi connectivity index (χ1n) is 7.35. The molecule has 1 aromatic carbocycles. The van der Waals surface area contributed by atoms with Crippen molar-refractivity contribution in [2.24, 2.45) is 0 Å². The molecule has 1 atom stereocenters. The van der Waals surface area contributed by atoms with Crippen molar-refractivity contribution in [1.82, 2.24) is 5.32 Å². The van der Waals surface area contributed by atoms with Crippen molar-refractivity contribution >= 4 is 5.69 Å². The van der Waals surface area contributed by atoms with Gasteiger partial charge >= 0.3 is 0 Å². The third-order valence-electron chi connectivity index (χ3n) is 3.91. The quantitative estimate of drug-likeness (QED) is 0.684. The Morgan fingerprint density at radius 1 is 1.35 bits per heavy atom. The minimum Gasteiger partial charge on any atom is -0.394 e. The van der Waals surface area contributed by atoms with Crippen LogP contribution in [0.1, 0.15) is 33.1 Å². The van der Waals surface area contributed by atoms with Crippen LogP contribution in [0.15, 0.2) is 24.3 Å². The largest absolute Gasteiger partial charge is 0.394 e. The van der Waals surface area contributed by atoms with Crippen molar-refractivity contribution in [3.63, 3.8) is 0 Å². The van der Waals surface area contributed by atoms with Crippen LogP contribution in [0.5, 0.6) is 0 Å². The van der Waals surface area contributed by atoms with E-state index >= 15 is 0 Å². The van der Waals surface area contributed by atoms with Gasteiger partial charge in [-0.2, -0.15) is 0 Å². The highest BCUT2D eigenvalue weighted by molar-refractivity contribution is 5.46. The van der Waals surface area contributed by atoms with Crippen LogP contribution in [-0.2, 0) is 0 Å². The SMILES string of the molecule is CCN(CCCCC(C)(CO)NC)c1cccc(F)c1. The molecule has 114 valence electrons. The monoisotopic (exact) mass is 282 g/mol. The normalized spacial score (nSPS) is 14.1. The van der Waals surface area contributed by atoms with Gasteiger partial charge in [0.1, 0.15) is 5.82 Å². The van der Waals surface area contributed by atoms with Crippen LogP contribution in [0, 0.1) is 5.82 Å². The number of unbranched alkanes of at least 4 members (excludes halogenated alkanes) is 1. The summed E-state index contributed by atoms with van der Waals surface area (Å²) >= 11 is 0. The summed E-state index contributed by atoms with van der Waals surface area (Å²) in [5, 5.41) is 12.5. The van der Waals surface area contributed by atoms with E-state index in [0.717, 1.165) is 38.0 Å². The van der Waals surface area contributed by atoms with Crippen LogP contribution in [0.2, 0.25) is 0 Å². The van der Waals surface area contributed by atoms with Crippen LogP contribution in [0.4, 0.5) is 10.1 Å². The number of aliphatic hydroxyl groups excluding tert-OH is 1. The summed E-state index contributed by atoms with van der Waals surface area (Å²) in [7, 11) is 1.88. The molecule has 0 aliphatic rings. The smallest absolute Gasteiger partial charge is 0.125 e. The fraction of sp³-hybridized carbons (Fsp3) is 0.625. The van der Waals surface area contributed by atoms with Gasteiger partial charge in [0.05, 0.1) is 6.61 Å². The van der Waals surface area contributed by atoms with E-state index in [-0.39, 0.29) is 18.0 Å². The molecule has 0 saturated heterocycles. The van der Waals surface area contributed by atoms with Gasteiger partial charge in [-0.25, -0.2) is 4.39 Å². The van der Waals surface area contributed by atoms with E-state index in [4.69, 9.17) is 0 Å². The number of anilines is 1. The van der Waals surface area contributed by atoms with Crippen molar-refractivity contribution in [3.05, 3.63) is 30.1 Å². The second-order valence-electron chi connectivity index (χ2n) is 5.49. The van der Waals surface area contributed by atoms with Crippen molar-refractivity contribution in [3.8, 4) is 0 Å². The average molecular weight is 282 g/mol. The molecule has 1 aromatic rings. The topological polar surface area (TPSA) is 35.5 Å². The predicted molar refractivity (Wildman–Crippen MR) is 82.7 cm³/mol. The highest BCUT2D eigenvalue weighted by Crippen LogP contribution is 2.17. The van der Waals surface area contributed by atoms with Crippen molar-refractivity contribution < 1.29 is 9.50 Å². The molecule has 0 radical (unpaired) electrons. The van der Waals surface area contributed by atoms with Gasteiger partial charge in [-0.05, 0) is 58.4 Å². The van der Waals surface area contributed by atoms with Crippen LogP contribution in [0.25, 0.3) is 0 Å². The lowest BCUT2D eigenvalue weighted by atomic mass is 9.96. The van der Waals surface area contributed by atoms with Gasteiger partial charge in [-0.3, -0.25) is 0 Å². The molecule has 0 amide bonds. The van der Waals surface area contributed by atoms with E-state index in [1.165, 1.54) is 6.07 Å². The summed E-state index contributed by atoms with van der Waals surface area (Å²) in [6.07, 6.45) is 2.99. The number of hydrogen-bond donors (Lipinski definition) is 2. The second kappa shape index (κ2) is 8.22. The number of aliphatic hydroxyl groups is 1. The van der Waals surface area contributed by atoms with Crippen LogP contribution in [-0.4, -0.2) is 37.4 Å². The molecule has 0 aliphatic heterocycles. The number of likely N-dealkylation sites (N-methyl/N-ethyl adjacent to an activating group) is 1. The molecule has 2 N–H and O–H groups in total. The Bertz CT molecular complexity index is 394. The maximum absolute atomic E-state index is 13.2. The number of rotatable bonds is 9. The van der Waals surface area contributed by atoms with Gasteiger partial charge in [-0.15, -0.1) is 0 Å². The summed E-state index contributed by atoms with van der Waals surface area (Å²) in [4.78, 5) is 2.18. The van der Waals surface area contributed by atoms with E-state index in [1.54, 1.807) is 12.1 Å². The number of hydrogen-bond acceptors (Lipinski definition) is 3.